The molecule has 30 heavy (non-hydrogen) atoms. The number of benzene rings is 4. The third-order valence-electron chi connectivity index (χ3n) is 5.63. The Bertz CT molecular complexity index is 1380. The molecule has 4 aromatic carbocycles. The topological polar surface area (TPSA) is 48.0 Å². The number of aryl methyl sites for hydroxylation is 1. The van der Waals surface area contributed by atoms with Crippen LogP contribution in [0.15, 0.2) is 84.9 Å². The number of nitrogens with zero attached hydrogens (tertiary/aromatic N) is 1. The van der Waals surface area contributed by atoms with Crippen LogP contribution in [0.3, 0.4) is 0 Å². The average molecular weight is 389 g/mol. The highest BCUT2D eigenvalue weighted by Gasteiger charge is 2.17. The smallest absolute Gasteiger partial charge is 0.249 e. The lowest BCUT2D eigenvalue weighted by Gasteiger charge is -2.09. The predicted molar refractivity (Wildman–Crippen MR) is 123 cm³/mol. The van der Waals surface area contributed by atoms with Crippen LogP contribution >= 0.6 is 0 Å². The average Bonchev–Trinajstić information content (AvgIpc) is 3.09. The molecule has 0 saturated carbocycles. The maximum Gasteiger partial charge on any atom is 0.249 e. The van der Waals surface area contributed by atoms with E-state index in [1.165, 1.54) is 11.1 Å². The van der Waals surface area contributed by atoms with Crippen LogP contribution in [-0.4, -0.2) is 10.5 Å². The Labute approximate surface area is 175 Å². The quantitative estimate of drug-likeness (QED) is 0.420. The largest absolute Gasteiger partial charge is 0.366 e. The Hall–Kier alpha value is -3.85. The number of hydrogen-bond acceptors (Lipinski definition) is 1. The molecular formula is C27H21N2O. The predicted octanol–water partition coefficient (Wildman–Crippen LogP) is 5.72. The van der Waals surface area contributed by atoms with Crippen LogP contribution in [0, 0.1) is 13.0 Å². The van der Waals surface area contributed by atoms with Gasteiger partial charge >= 0.3 is 0 Å². The van der Waals surface area contributed by atoms with Crippen LogP contribution in [0.25, 0.3) is 32.9 Å². The zero-order valence-electron chi connectivity index (χ0n) is 16.7. The molecule has 5 rings (SSSR count). The van der Waals surface area contributed by atoms with E-state index in [1.807, 2.05) is 36.4 Å². The Morgan fingerprint density at radius 1 is 0.900 bits per heavy atom. The second kappa shape index (κ2) is 7.20. The van der Waals surface area contributed by atoms with E-state index in [-0.39, 0.29) is 0 Å². The number of primary amides is 1. The molecule has 0 spiro atoms. The fourth-order valence-electron chi connectivity index (χ4n) is 4.10. The van der Waals surface area contributed by atoms with Crippen LogP contribution in [0.4, 0.5) is 0 Å². The molecule has 0 fully saturated rings. The minimum absolute atomic E-state index is 0.421. The second-order valence-corrected chi connectivity index (χ2v) is 7.65. The molecule has 1 aromatic heterocycles. The molecule has 0 aliphatic rings. The van der Waals surface area contributed by atoms with Gasteiger partial charge in [0, 0.05) is 22.9 Å². The number of aromatic nitrogens is 1. The first-order valence-corrected chi connectivity index (χ1v) is 9.99. The van der Waals surface area contributed by atoms with Gasteiger partial charge in [0.05, 0.1) is 11.0 Å². The summed E-state index contributed by atoms with van der Waals surface area (Å²) in [5.74, 6) is -0.421. The molecule has 3 nitrogen and oxygen atoms in total. The number of amides is 1. The molecule has 2 N–H and O–H groups in total. The summed E-state index contributed by atoms with van der Waals surface area (Å²) in [6.45, 7) is 2.79. The molecule has 1 heterocycles. The van der Waals surface area contributed by atoms with E-state index in [1.54, 1.807) is 6.07 Å². The van der Waals surface area contributed by atoms with E-state index in [4.69, 9.17) is 5.73 Å². The van der Waals surface area contributed by atoms with Gasteiger partial charge in [-0.05, 0) is 53.9 Å². The molecule has 0 aliphatic heterocycles. The van der Waals surface area contributed by atoms with Gasteiger partial charge in [-0.2, -0.15) is 0 Å². The summed E-state index contributed by atoms with van der Waals surface area (Å²) >= 11 is 0. The Morgan fingerprint density at radius 2 is 1.67 bits per heavy atom. The van der Waals surface area contributed by atoms with Gasteiger partial charge < -0.3 is 10.3 Å². The number of hydrogen-bond donors (Lipinski definition) is 1. The van der Waals surface area contributed by atoms with E-state index in [0.29, 0.717) is 12.1 Å². The van der Waals surface area contributed by atoms with Crippen molar-refractivity contribution in [2.45, 2.75) is 13.5 Å². The van der Waals surface area contributed by atoms with Gasteiger partial charge in [-0.3, -0.25) is 4.79 Å². The van der Waals surface area contributed by atoms with E-state index < -0.39 is 5.91 Å². The molecule has 0 bridgehead atoms. The van der Waals surface area contributed by atoms with Crippen LogP contribution in [0.2, 0.25) is 0 Å². The van der Waals surface area contributed by atoms with Gasteiger partial charge in [-0.15, -0.1) is 0 Å². The van der Waals surface area contributed by atoms with Gasteiger partial charge in [-0.1, -0.05) is 66.2 Å². The zero-order valence-corrected chi connectivity index (χ0v) is 16.7. The van der Waals surface area contributed by atoms with Crippen molar-refractivity contribution in [2.75, 3.05) is 0 Å². The SMILES string of the molecule is Cc1ccc(Cn2c3cc(-c4ccccc4)c[c]c3c3c(C(N)=O)cccc32)cc1. The number of carbonyl (C=O) groups excluding carboxylic acids is 1. The monoisotopic (exact) mass is 389 g/mol. The van der Waals surface area contributed by atoms with Crippen molar-refractivity contribution in [3.63, 3.8) is 0 Å². The fraction of sp³-hybridized carbons (Fsp3) is 0.0741. The highest BCUT2D eigenvalue weighted by Crippen LogP contribution is 2.34. The lowest BCUT2D eigenvalue weighted by atomic mass is 10.0. The standard InChI is InChI=1S/C27H21N2O/c1-18-10-12-19(13-11-18)17-29-24-9-5-8-23(27(28)30)26(24)22-15-14-21(16-25(22)29)20-6-3-2-4-7-20/h2-14,16H,17H2,1H3,(H2,28,30). The van der Waals surface area contributed by atoms with Crippen LogP contribution in [0.1, 0.15) is 21.5 Å². The molecule has 1 amide bonds. The Morgan fingerprint density at radius 3 is 2.40 bits per heavy atom. The van der Waals surface area contributed by atoms with Gasteiger partial charge in [0.15, 0.2) is 0 Å². The van der Waals surface area contributed by atoms with Crippen LogP contribution < -0.4 is 5.73 Å². The van der Waals surface area contributed by atoms with E-state index >= 15 is 0 Å². The molecule has 0 aliphatic carbocycles. The summed E-state index contributed by atoms with van der Waals surface area (Å²) in [5.41, 5.74) is 12.9. The first kappa shape index (κ1) is 18.2. The van der Waals surface area contributed by atoms with Crippen molar-refractivity contribution in [2.24, 2.45) is 5.73 Å². The molecule has 0 unspecified atom stereocenters. The summed E-state index contributed by atoms with van der Waals surface area (Å²) < 4.78 is 2.25. The summed E-state index contributed by atoms with van der Waals surface area (Å²) in [6.07, 6.45) is 0. The molecule has 3 heteroatoms. The summed E-state index contributed by atoms with van der Waals surface area (Å²) in [7, 11) is 0. The summed E-state index contributed by atoms with van der Waals surface area (Å²) in [4.78, 5) is 12.2. The number of nitrogens with two attached hydrogens (primary N) is 1. The first-order valence-electron chi connectivity index (χ1n) is 9.99. The molecular weight excluding hydrogens is 368 g/mol. The van der Waals surface area contributed by atoms with Gasteiger partial charge in [-0.25, -0.2) is 0 Å². The first-order chi connectivity index (χ1) is 14.6. The van der Waals surface area contributed by atoms with Crippen molar-refractivity contribution in [1.82, 2.24) is 4.57 Å². The summed E-state index contributed by atoms with van der Waals surface area (Å²) in [6, 6.07) is 32.2. The number of fused-ring (bicyclic) bond motifs is 3. The minimum Gasteiger partial charge on any atom is -0.366 e. The molecule has 1 radical (unpaired) electrons. The van der Waals surface area contributed by atoms with Gasteiger partial charge in [0.1, 0.15) is 0 Å². The zero-order chi connectivity index (χ0) is 20.7. The van der Waals surface area contributed by atoms with Crippen LogP contribution in [-0.2, 0) is 6.54 Å². The van der Waals surface area contributed by atoms with Gasteiger partial charge in [0.25, 0.3) is 0 Å². The highest BCUT2D eigenvalue weighted by atomic mass is 16.1. The van der Waals surface area contributed by atoms with E-state index in [2.05, 4.69) is 60.0 Å². The number of carbonyl (C=O) groups is 1. The van der Waals surface area contributed by atoms with Gasteiger partial charge in [0.2, 0.25) is 5.91 Å². The summed E-state index contributed by atoms with van der Waals surface area (Å²) in [5, 5.41) is 1.79. The molecule has 145 valence electrons. The van der Waals surface area contributed by atoms with Crippen molar-refractivity contribution in [3.8, 4) is 11.1 Å². The molecule has 5 aromatic rings. The maximum atomic E-state index is 12.2. The third-order valence-corrected chi connectivity index (χ3v) is 5.63. The normalized spacial score (nSPS) is 11.2. The Balaban J connectivity index is 1.80. The van der Waals surface area contributed by atoms with Crippen molar-refractivity contribution in [3.05, 3.63) is 108 Å². The lowest BCUT2D eigenvalue weighted by Crippen LogP contribution is -2.11. The van der Waals surface area contributed by atoms with Crippen LogP contribution in [0.5, 0.6) is 0 Å². The second-order valence-electron chi connectivity index (χ2n) is 7.65. The third kappa shape index (κ3) is 3.05. The minimum atomic E-state index is -0.421. The number of rotatable bonds is 4. The maximum absolute atomic E-state index is 12.2. The van der Waals surface area contributed by atoms with Crippen molar-refractivity contribution >= 4 is 27.7 Å². The Kier molecular flexibility index (Phi) is 4.36. The molecule has 0 saturated heterocycles. The lowest BCUT2D eigenvalue weighted by molar-refractivity contribution is 0.100. The fourth-order valence-corrected chi connectivity index (χ4v) is 4.10. The van der Waals surface area contributed by atoms with Crippen molar-refractivity contribution in [1.29, 1.82) is 0 Å². The van der Waals surface area contributed by atoms with Crippen molar-refractivity contribution < 1.29 is 4.79 Å². The molecule has 0 atom stereocenters. The van der Waals surface area contributed by atoms with E-state index in [9.17, 15) is 4.79 Å². The highest BCUT2D eigenvalue weighted by molar-refractivity contribution is 6.18. The van der Waals surface area contributed by atoms with E-state index in [0.717, 1.165) is 32.9 Å².